The third-order valence-electron chi connectivity index (χ3n) is 11.3. The maximum absolute atomic E-state index is 12.8. The summed E-state index contributed by atoms with van der Waals surface area (Å²) in [4.78, 5) is 57.8. The predicted octanol–water partition coefficient (Wildman–Crippen LogP) is 4.92. The van der Waals surface area contributed by atoms with Crippen molar-refractivity contribution in [2.45, 2.75) is 12.8 Å². The zero-order valence-corrected chi connectivity index (χ0v) is 34.4. The number of nitrogens with zero attached hydrogens (tertiary/aromatic N) is 10. The molecule has 8 heterocycles. The van der Waals surface area contributed by atoms with Gasteiger partial charge in [-0.3, -0.25) is 18.4 Å². The Morgan fingerprint density at radius 2 is 1.10 bits per heavy atom. The molecule has 2 aromatic carbocycles. The fraction of sp³-hybridized carbons (Fsp3) is 0.318. The van der Waals surface area contributed by atoms with E-state index in [1.165, 1.54) is 14.2 Å². The molecule has 0 bridgehead atoms. The number of imidazole rings is 2. The minimum absolute atomic E-state index is 0.199. The Morgan fingerprint density at radius 1 is 0.633 bits per heavy atom. The number of nitrogens with two attached hydrogens (primary N) is 1. The van der Waals surface area contributed by atoms with Crippen LogP contribution >= 0.6 is 0 Å². The molecular weight excluding hydrogens is 761 g/mol. The molecule has 8 aromatic rings. The normalized spacial score (nSPS) is 15.5. The van der Waals surface area contributed by atoms with Crippen LogP contribution in [0.1, 0.15) is 33.6 Å². The second kappa shape index (κ2) is 17.4. The van der Waals surface area contributed by atoms with Crippen LogP contribution in [0.4, 0.5) is 11.4 Å². The molecule has 16 nitrogen and oxygen atoms in total. The number of carboxylic acid groups (broad SMARTS) is 1. The molecule has 0 spiro atoms. The predicted molar refractivity (Wildman–Crippen MR) is 236 cm³/mol. The standard InChI is InChI=1S/C22H24N6O2.C21H21N5O2.CH5N/c1-26-10-5-11-27(13-12-26)18-8-9-23-20-15(18)14-16(22(29)25-30-2)21-24-17-6-3-4-7-19(17)28(20)21;1-24-9-4-10-25(12-11-24)17-7-8-22-19-14(17)13-15(21(27)28)20-23-16-5-2-3-6-18(16)26(19)20;1-2/h3-4,6-9,14H,5,10-13H2,1-2H3,(H,25,29);2-3,5-8,13H,4,9-12H2,1H3,(H,27,28);2H2,1H3. The van der Waals surface area contributed by atoms with E-state index in [9.17, 15) is 14.7 Å². The van der Waals surface area contributed by atoms with E-state index in [1.807, 2.05) is 81.7 Å². The number of rotatable bonds is 5. The maximum atomic E-state index is 12.8. The molecule has 1 amide bonds. The topological polar surface area (TPSA) is 175 Å². The molecule has 0 aliphatic carbocycles. The first-order chi connectivity index (χ1) is 29.3. The molecule has 4 N–H and O–H groups in total. The van der Waals surface area contributed by atoms with Gasteiger partial charge in [0.25, 0.3) is 5.91 Å². The Kier molecular flexibility index (Phi) is 11.7. The average Bonchev–Trinajstić information content (AvgIpc) is 3.68. The molecule has 2 fully saturated rings. The summed E-state index contributed by atoms with van der Waals surface area (Å²) in [6, 6.07) is 23.2. The number of carbonyl (C=O) groups excluding carboxylic acids is 1. The second-order valence-electron chi connectivity index (χ2n) is 15.0. The summed E-state index contributed by atoms with van der Waals surface area (Å²) in [5.41, 5.74) is 15.6. The van der Waals surface area contributed by atoms with E-state index in [0.29, 0.717) is 16.9 Å². The largest absolute Gasteiger partial charge is 0.478 e. The molecule has 0 saturated carbocycles. The number of hydrogen-bond acceptors (Lipinski definition) is 12. The lowest BCUT2D eigenvalue weighted by Gasteiger charge is -2.24. The van der Waals surface area contributed by atoms with Crippen LogP contribution in [0.25, 0.3) is 55.4 Å². The van der Waals surface area contributed by atoms with Crippen molar-refractivity contribution in [3.63, 3.8) is 0 Å². The van der Waals surface area contributed by atoms with Gasteiger partial charge in [0, 0.05) is 73.8 Å². The smallest absolute Gasteiger partial charge is 0.339 e. The van der Waals surface area contributed by atoms with Gasteiger partial charge < -0.3 is 30.4 Å². The fourth-order valence-electron chi connectivity index (χ4n) is 8.40. The molecular formula is C44H50N12O4. The van der Waals surface area contributed by atoms with Gasteiger partial charge in [-0.1, -0.05) is 24.3 Å². The SMILES string of the molecule is CN.CN1CCCN(c2ccnc3c2cc(C(=O)O)c2nc4ccccc4n23)CC1.CONC(=O)c1cc2c(N3CCCN(C)CC3)ccnc2n2c1nc1ccccc12. The van der Waals surface area contributed by atoms with Gasteiger partial charge in [-0.2, -0.15) is 0 Å². The lowest BCUT2D eigenvalue weighted by atomic mass is 10.1. The van der Waals surface area contributed by atoms with Crippen molar-refractivity contribution in [3.8, 4) is 0 Å². The van der Waals surface area contributed by atoms with Crippen molar-refractivity contribution in [1.29, 1.82) is 0 Å². The Hall–Kier alpha value is -6.46. The van der Waals surface area contributed by atoms with Crippen LogP contribution < -0.4 is 21.0 Å². The van der Waals surface area contributed by atoms with Crippen LogP contribution in [0.15, 0.2) is 85.2 Å². The molecule has 16 heteroatoms. The zero-order valence-electron chi connectivity index (χ0n) is 34.4. The van der Waals surface area contributed by atoms with Crippen molar-refractivity contribution >= 4 is 78.7 Å². The van der Waals surface area contributed by atoms with E-state index in [0.717, 1.165) is 121 Å². The van der Waals surface area contributed by atoms with E-state index in [2.05, 4.69) is 54.9 Å². The molecule has 2 aliphatic heterocycles. The highest BCUT2D eigenvalue weighted by atomic mass is 16.6. The quantitative estimate of drug-likeness (QED) is 0.200. The molecule has 0 unspecified atom stereocenters. The highest BCUT2D eigenvalue weighted by Crippen LogP contribution is 2.33. The zero-order chi connectivity index (χ0) is 41.9. The van der Waals surface area contributed by atoms with Crippen LogP contribution in [-0.2, 0) is 4.84 Å². The third-order valence-corrected chi connectivity index (χ3v) is 11.3. The summed E-state index contributed by atoms with van der Waals surface area (Å²) in [6.45, 7) is 7.86. The number of anilines is 2. The van der Waals surface area contributed by atoms with Crippen molar-refractivity contribution in [2.24, 2.45) is 5.73 Å². The highest BCUT2D eigenvalue weighted by molar-refractivity contribution is 6.07. The van der Waals surface area contributed by atoms with E-state index >= 15 is 0 Å². The first kappa shape index (κ1) is 40.3. The average molecular weight is 811 g/mol. The Bertz CT molecular complexity index is 2860. The summed E-state index contributed by atoms with van der Waals surface area (Å²) in [6.07, 6.45) is 5.81. The number of nitrogens with one attached hydrogen (secondary N) is 1. The van der Waals surface area contributed by atoms with Gasteiger partial charge in [-0.05, 0) is 95.6 Å². The molecule has 2 saturated heterocycles. The first-order valence-corrected chi connectivity index (χ1v) is 20.2. The highest BCUT2D eigenvalue weighted by Gasteiger charge is 2.24. The van der Waals surface area contributed by atoms with Crippen molar-refractivity contribution in [1.82, 2.24) is 44.0 Å². The van der Waals surface area contributed by atoms with Crippen molar-refractivity contribution < 1.29 is 19.5 Å². The van der Waals surface area contributed by atoms with Crippen LogP contribution in [0.3, 0.4) is 0 Å². The first-order valence-electron chi connectivity index (χ1n) is 20.2. The summed E-state index contributed by atoms with van der Waals surface area (Å²) in [5, 5.41) is 11.6. The van der Waals surface area contributed by atoms with Crippen molar-refractivity contribution in [3.05, 3.63) is 96.3 Å². The maximum Gasteiger partial charge on any atom is 0.339 e. The molecule has 6 aromatic heterocycles. The number of benzene rings is 2. The number of carbonyl (C=O) groups is 2. The Balaban J connectivity index is 0.000000160. The lowest BCUT2D eigenvalue weighted by Crippen LogP contribution is -2.29. The van der Waals surface area contributed by atoms with Crippen molar-refractivity contribution in [2.75, 3.05) is 90.4 Å². The number of pyridine rings is 4. The number of fused-ring (bicyclic) bond motifs is 10. The van der Waals surface area contributed by atoms with Gasteiger partial charge in [0.1, 0.15) is 16.9 Å². The van der Waals surface area contributed by atoms with E-state index in [1.54, 1.807) is 12.3 Å². The van der Waals surface area contributed by atoms with E-state index < -0.39 is 5.97 Å². The van der Waals surface area contributed by atoms with E-state index in [4.69, 9.17) is 14.8 Å². The Morgan fingerprint density at radius 3 is 1.58 bits per heavy atom. The number of amides is 1. The van der Waals surface area contributed by atoms with Gasteiger partial charge in [0.15, 0.2) is 11.3 Å². The minimum atomic E-state index is -0.979. The summed E-state index contributed by atoms with van der Waals surface area (Å²) in [7, 11) is 7.22. The van der Waals surface area contributed by atoms with Crippen LogP contribution in [-0.4, -0.2) is 136 Å². The molecule has 0 radical (unpaired) electrons. The number of aromatic nitrogens is 6. The second-order valence-corrected chi connectivity index (χ2v) is 15.0. The number of para-hydroxylation sites is 4. The molecule has 0 atom stereocenters. The molecule has 310 valence electrons. The number of likely N-dealkylation sites (N-methyl/N-ethyl adjacent to an activating group) is 2. The minimum Gasteiger partial charge on any atom is -0.478 e. The molecule has 60 heavy (non-hydrogen) atoms. The molecule has 2 aliphatic rings. The van der Waals surface area contributed by atoms with Gasteiger partial charge in [0.05, 0.1) is 34.7 Å². The number of hydrogen-bond donors (Lipinski definition) is 3. The van der Waals surface area contributed by atoms with Gasteiger partial charge in [-0.25, -0.2) is 30.2 Å². The summed E-state index contributed by atoms with van der Waals surface area (Å²) in [5.74, 6) is -1.31. The van der Waals surface area contributed by atoms with Gasteiger partial charge in [-0.15, -0.1) is 0 Å². The fourth-order valence-corrected chi connectivity index (χ4v) is 8.40. The number of carboxylic acids is 1. The monoisotopic (exact) mass is 810 g/mol. The van der Waals surface area contributed by atoms with Gasteiger partial charge in [0.2, 0.25) is 0 Å². The Labute approximate surface area is 346 Å². The third kappa shape index (κ3) is 7.49. The van der Waals surface area contributed by atoms with Crippen LogP contribution in [0.2, 0.25) is 0 Å². The summed E-state index contributed by atoms with van der Waals surface area (Å²) < 4.78 is 3.85. The number of aromatic carboxylic acids is 1. The van der Waals surface area contributed by atoms with Crippen LogP contribution in [0.5, 0.6) is 0 Å². The lowest BCUT2D eigenvalue weighted by molar-refractivity contribution is 0.0538. The van der Waals surface area contributed by atoms with E-state index in [-0.39, 0.29) is 11.5 Å². The summed E-state index contributed by atoms with van der Waals surface area (Å²) >= 11 is 0. The van der Waals surface area contributed by atoms with Crippen LogP contribution in [0, 0.1) is 0 Å². The molecule has 10 rings (SSSR count). The number of hydroxylamine groups is 1. The van der Waals surface area contributed by atoms with Gasteiger partial charge >= 0.3 is 5.97 Å².